The van der Waals surface area contributed by atoms with E-state index in [0.29, 0.717) is 30.9 Å². The maximum absolute atomic E-state index is 12.5. The highest BCUT2D eigenvalue weighted by Gasteiger charge is 2.25. The first-order valence-corrected chi connectivity index (χ1v) is 9.02. The predicted octanol–water partition coefficient (Wildman–Crippen LogP) is 3.49. The molecule has 0 fully saturated rings. The Labute approximate surface area is 156 Å². The Morgan fingerprint density at radius 1 is 1.26 bits per heavy atom. The van der Waals surface area contributed by atoms with Gasteiger partial charge in [0.1, 0.15) is 24.8 Å². The van der Waals surface area contributed by atoms with Crippen LogP contribution in [-0.4, -0.2) is 16.2 Å². The van der Waals surface area contributed by atoms with Crippen LogP contribution in [0, 0.1) is 5.21 Å². The van der Waals surface area contributed by atoms with Gasteiger partial charge in [0, 0.05) is 6.07 Å². The molecule has 0 bridgehead atoms. The van der Waals surface area contributed by atoms with Crippen LogP contribution in [0.3, 0.4) is 0 Å². The van der Waals surface area contributed by atoms with E-state index in [4.69, 9.17) is 9.47 Å². The topological polar surface area (TPSA) is 63.2 Å². The summed E-state index contributed by atoms with van der Waals surface area (Å²) in [6.07, 6.45) is 1.54. The zero-order valence-corrected chi connectivity index (χ0v) is 15.0. The van der Waals surface area contributed by atoms with Gasteiger partial charge in [-0.2, -0.15) is 4.73 Å². The van der Waals surface area contributed by atoms with Gasteiger partial charge in [-0.1, -0.05) is 30.3 Å². The average Bonchev–Trinajstić information content (AvgIpc) is 3.07. The van der Waals surface area contributed by atoms with Gasteiger partial charge in [-0.05, 0) is 24.6 Å². The van der Waals surface area contributed by atoms with Gasteiger partial charge in [0.2, 0.25) is 11.7 Å². The molecule has 1 atom stereocenters. The van der Waals surface area contributed by atoms with E-state index in [-0.39, 0.29) is 6.04 Å². The second-order valence-corrected chi connectivity index (χ2v) is 6.90. The van der Waals surface area contributed by atoms with Gasteiger partial charge in [0.25, 0.3) is 0 Å². The number of imidazole rings is 1. The van der Waals surface area contributed by atoms with Crippen molar-refractivity contribution < 1.29 is 14.2 Å². The van der Waals surface area contributed by atoms with E-state index in [1.165, 1.54) is 0 Å². The van der Waals surface area contributed by atoms with Crippen LogP contribution < -0.4 is 9.47 Å². The SMILES string of the molecule is C[C@H]1COCc2nc3c[n+]([O-])c4ccc(OCc5ccccc5)cc4c3n21. The Hall–Kier alpha value is -3.12. The molecule has 0 aliphatic carbocycles. The van der Waals surface area contributed by atoms with Crippen molar-refractivity contribution in [1.29, 1.82) is 0 Å². The summed E-state index contributed by atoms with van der Waals surface area (Å²) in [4.78, 5) is 4.61. The third kappa shape index (κ3) is 2.69. The Bertz CT molecular complexity index is 1140. The van der Waals surface area contributed by atoms with E-state index >= 15 is 0 Å². The molecule has 2 aromatic heterocycles. The number of nitrogens with zero attached hydrogens (tertiary/aromatic N) is 3. The summed E-state index contributed by atoms with van der Waals surface area (Å²) in [5.41, 5.74) is 3.36. The fourth-order valence-corrected chi connectivity index (χ4v) is 3.74. The second kappa shape index (κ2) is 6.25. The number of hydrogen-bond donors (Lipinski definition) is 0. The van der Waals surface area contributed by atoms with Crippen molar-refractivity contribution in [2.45, 2.75) is 26.2 Å². The van der Waals surface area contributed by atoms with Crippen LogP contribution in [0.4, 0.5) is 0 Å². The summed E-state index contributed by atoms with van der Waals surface area (Å²) < 4.78 is 14.6. The number of hydrogen-bond acceptors (Lipinski definition) is 4. The van der Waals surface area contributed by atoms with E-state index in [0.717, 1.165) is 32.8 Å². The molecule has 1 aliphatic heterocycles. The summed E-state index contributed by atoms with van der Waals surface area (Å²) in [6, 6.07) is 15.8. The molecule has 0 amide bonds. The number of benzene rings is 2. The first-order valence-electron chi connectivity index (χ1n) is 9.02. The molecule has 0 radical (unpaired) electrons. The summed E-state index contributed by atoms with van der Waals surface area (Å²) >= 11 is 0. The lowest BCUT2D eigenvalue weighted by Gasteiger charge is -2.22. The van der Waals surface area contributed by atoms with Crippen molar-refractivity contribution in [2.75, 3.05) is 6.61 Å². The van der Waals surface area contributed by atoms with Crippen molar-refractivity contribution in [3.63, 3.8) is 0 Å². The molecule has 27 heavy (non-hydrogen) atoms. The number of rotatable bonds is 3. The highest BCUT2D eigenvalue weighted by Crippen LogP contribution is 2.31. The second-order valence-electron chi connectivity index (χ2n) is 6.90. The van der Waals surface area contributed by atoms with Gasteiger partial charge in [-0.3, -0.25) is 0 Å². The van der Waals surface area contributed by atoms with Gasteiger partial charge < -0.3 is 19.2 Å². The zero-order chi connectivity index (χ0) is 18.4. The smallest absolute Gasteiger partial charge is 0.226 e. The molecule has 0 saturated heterocycles. The quantitative estimate of drug-likeness (QED) is 0.414. The number of fused-ring (bicyclic) bond motifs is 5. The van der Waals surface area contributed by atoms with Crippen LogP contribution in [0.25, 0.3) is 21.9 Å². The van der Waals surface area contributed by atoms with Crippen LogP contribution >= 0.6 is 0 Å². The molecule has 5 rings (SSSR count). The molecular weight excluding hydrogens is 342 g/mol. The molecule has 2 aromatic carbocycles. The maximum Gasteiger partial charge on any atom is 0.226 e. The predicted molar refractivity (Wildman–Crippen MR) is 101 cm³/mol. The van der Waals surface area contributed by atoms with Gasteiger partial charge in [-0.15, -0.1) is 0 Å². The fourth-order valence-electron chi connectivity index (χ4n) is 3.74. The van der Waals surface area contributed by atoms with Crippen LogP contribution in [0.2, 0.25) is 0 Å². The van der Waals surface area contributed by atoms with E-state index in [1.54, 1.807) is 6.20 Å². The molecular formula is C21H19N3O3. The van der Waals surface area contributed by atoms with Crippen LogP contribution in [0.1, 0.15) is 24.4 Å². The highest BCUT2D eigenvalue weighted by molar-refractivity contribution is 6.01. The van der Waals surface area contributed by atoms with E-state index < -0.39 is 0 Å². The summed E-state index contributed by atoms with van der Waals surface area (Å²) in [7, 11) is 0. The lowest BCUT2D eigenvalue weighted by Crippen LogP contribution is -2.26. The molecule has 0 spiro atoms. The van der Waals surface area contributed by atoms with Crippen LogP contribution in [0.5, 0.6) is 5.75 Å². The monoisotopic (exact) mass is 361 g/mol. The molecule has 6 nitrogen and oxygen atoms in total. The Morgan fingerprint density at radius 2 is 2.11 bits per heavy atom. The maximum atomic E-state index is 12.5. The van der Waals surface area contributed by atoms with Gasteiger partial charge >= 0.3 is 0 Å². The van der Waals surface area contributed by atoms with Gasteiger partial charge in [-0.25, -0.2) is 4.98 Å². The lowest BCUT2D eigenvalue weighted by atomic mass is 10.1. The van der Waals surface area contributed by atoms with E-state index in [9.17, 15) is 5.21 Å². The minimum Gasteiger partial charge on any atom is -0.618 e. The normalized spacial score (nSPS) is 16.6. The number of aromatic nitrogens is 3. The molecule has 3 heterocycles. The molecule has 0 unspecified atom stereocenters. The van der Waals surface area contributed by atoms with Gasteiger partial charge in [0.15, 0.2) is 5.52 Å². The summed E-state index contributed by atoms with van der Waals surface area (Å²) in [5, 5.41) is 13.3. The molecule has 136 valence electrons. The molecule has 0 saturated carbocycles. The van der Waals surface area contributed by atoms with Crippen molar-refractivity contribution in [2.24, 2.45) is 0 Å². The van der Waals surface area contributed by atoms with Crippen molar-refractivity contribution in [3.8, 4) is 5.75 Å². The Kier molecular flexibility index (Phi) is 3.72. The van der Waals surface area contributed by atoms with Crippen LogP contribution in [0.15, 0.2) is 54.7 Å². The van der Waals surface area contributed by atoms with Crippen molar-refractivity contribution >= 4 is 21.9 Å². The highest BCUT2D eigenvalue weighted by atomic mass is 16.5. The average molecular weight is 361 g/mol. The third-order valence-corrected chi connectivity index (χ3v) is 4.99. The molecule has 6 heteroatoms. The zero-order valence-electron chi connectivity index (χ0n) is 15.0. The van der Waals surface area contributed by atoms with E-state index in [1.807, 2.05) is 48.5 Å². The van der Waals surface area contributed by atoms with Gasteiger partial charge in [0.05, 0.1) is 23.6 Å². The Balaban J connectivity index is 1.64. The first kappa shape index (κ1) is 16.1. The Morgan fingerprint density at radius 3 is 2.96 bits per heavy atom. The van der Waals surface area contributed by atoms with E-state index in [2.05, 4.69) is 16.5 Å². The largest absolute Gasteiger partial charge is 0.618 e. The van der Waals surface area contributed by atoms with Crippen molar-refractivity contribution in [1.82, 2.24) is 9.55 Å². The molecule has 1 aliphatic rings. The molecule has 0 N–H and O–H groups in total. The minimum atomic E-state index is 0.165. The third-order valence-electron chi connectivity index (χ3n) is 4.99. The number of pyridine rings is 1. The number of ether oxygens (including phenoxy) is 2. The molecule has 4 aromatic rings. The van der Waals surface area contributed by atoms with Crippen molar-refractivity contribution in [3.05, 3.63) is 71.3 Å². The minimum absolute atomic E-state index is 0.165. The van der Waals surface area contributed by atoms with Crippen LogP contribution in [-0.2, 0) is 18.0 Å². The summed E-state index contributed by atoms with van der Waals surface area (Å²) in [6.45, 7) is 3.68. The lowest BCUT2D eigenvalue weighted by molar-refractivity contribution is -0.575. The standard InChI is InChI=1S/C21H19N3O3/c1-14-11-26-13-20-22-18-10-23(25)19-8-7-16(9-17(19)21(18)24(14)20)27-12-15-5-3-2-4-6-15/h2-10,14H,11-13H2,1H3/t14-/m0/s1. The first-order chi connectivity index (χ1) is 13.2. The summed E-state index contributed by atoms with van der Waals surface area (Å²) in [5.74, 6) is 1.58. The fraction of sp³-hybridized carbons (Fsp3) is 0.238.